The highest BCUT2D eigenvalue weighted by Gasteiger charge is 2.10. The van der Waals surface area contributed by atoms with Crippen LogP contribution >= 0.6 is 11.6 Å². The van der Waals surface area contributed by atoms with E-state index in [1.54, 1.807) is 6.07 Å². The zero-order valence-electron chi connectivity index (χ0n) is 9.62. The van der Waals surface area contributed by atoms with Gasteiger partial charge in [-0.2, -0.15) is 0 Å². The normalized spacial score (nSPS) is 10.8. The molecule has 0 unspecified atom stereocenters. The second-order valence-electron chi connectivity index (χ2n) is 4.16. The van der Waals surface area contributed by atoms with Gasteiger partial charge in [0, 0.05) is 10.9 Å². The van der Waals surface area contributed by atoms with E-state index in [-0.39, 0.29) is 11.6 Å². The Labute approximate surface area is 104 Å². The number of nitrogens with zero attached hydrogens (tertiary/aromatic N) is 1. The van der Waals surface area contributed by atoms with Crippen LogP contribution in [0.3, 0.4) is 0 Å². The van der Waals surface area contributed by atoms with Crippen LogP contribution in [0.15, 0.2) is 18.2 Å². The summed E-state index contributed by atoms with van der Waals surface area (Å²) in [5.74, 6) is -0.905. The summed E-state index contributed by atoms with van der Waals surface area (Å²) in [6.07, 6.45) is -0.102. The molecule has 17 heavy (non-hydrogen) atoms. The van der Waals surface area contributed by atoms with Crippen LogP contribution in [0.5, 0.6) is 0 Å². The number of aryl methyl sites for hydroxylation is 2. The van der Waals surface area contributed by atoms with Gasteiger partial charge in [0.2, 0.25) is 0 Å². The molecule has 0 spiro atoms. The van der Waals surface area contributed by atoms with E-state index in [1.807, 2.05) is 26.0 Å². The van der Waals surface area contributed by atoms with Crippen LogP contribution in [0.25, 0.3) is 10.9 Å². The minimum absolute atomic E-state index is 0.102. The molecular formula is C13H12ClNO2. The van der Waals surface area contributed by atoms with E-state index in [0.29, 0.717) is 5.56 Å². The Hall–Kier alpha value is -1.61. The van der Waals surface area contributed by atoms with Crippen molar-refractivity contribution in [2.45, 2.75) is 20.3 Å². The number of aliphatic carboxylic acids is 1. The first kappa shape index (κ1) is 11.9. The maximum atomic E-state index is 10.7. The van der Waals surface area contributed by atoms with Crippen molar-refractivity contribution in [3.63, 3.8) is 0 Å². The first-order valence-corrected chi connectivity index (χ1v) is 5.63. The molecule has 1 aromatic heterocycles. The molecule has 88 valence electrons. The number of fused-ring (bicyclic) bond motifs is 1. The number of hydrogen-bond donors (Lipinski definition) is 1. The van der Waals surface area contributed by atoms with Gasteiger partial charge >= 0.3 is 5.97 Å². The Morgan fingerprint density at radius 1 is 1.35 bits per heavy atom. The third kappa shape index (κ3) is 2.39. The molecule has 1 aromatic carbocycles. The third-order valence-corrected chi connectivity index (χ3v) is 2.95. The number of rotatable bonds is 2. The van der Waals surface area contributed by atoms with Gasteiger partial charge in [-0.25, -0.2) is 4.98 Å². The summed E-state index contributed by atoms with van der Waals surface area (Å²) in [7, 11) is 0. The molecule has 0 aliphatic carbocycles. The highest BCUT2D eigenvalue weighted by atomic mass is 35.5. The van der Waals surface area contributed by atoms with E-state index in [9.17, 15) is 4.79 Å². The summed E-state index contributed by atoms with van der Waals surface area (Å²) in [6.45, 7) is 3.97. The Kier molecular flexibility index (Phi) is 3.03. The van der Waals surface area contributed by atoms with Crippen LogP contribution in [0.1, 0.15) is 16.7 Å². The van der Waals surface area contributed by atoms with Gasteiger partial charge in [0.05, 0.1) is 11.9 Å². The van der Waals surface area contributed by atoms with E-state index in [0.717, 1.165) is 22.0 Å². The summed E-state index contributed by atoms with van der Waals surface area (Å²) < 4.78 is 0. The van der Waals surface area contributed by atoms with Crippen LogP contribution in [0, 0.1) is 13.8 Å². The minimum atomic E-state index is -0.905. The van der Waals surface area contributed by atoms with Crippen LogP contribution < -0.4 is 0 Å². The fraction of sp³-hybridized carbons (Fsp3) is 0.231. The Bertz CT molecular complexity index is 608. The van der Waals surface area contributed by atoms with E-state index in [2.05, 4.69) is 4.98 Å². The molecule has 0 aliphatic rings. The maximum absolute atomic E-state index is 10.7. The van der Waals surface area contributed by atoms with Crippen molar-refractivity contribution in [1.82, 2.24) is 4.98 Å². The van der Waals surface area contributed by atoms with E-state index < -0.39 is 5.97 Å². The lowest BCUT2D eigenvalue weighted by Gasteiger charge is -2.07. The summed E-state index contributed by atoms with van der Waals surface area (Å²) in [5, 5.41) is 9.99. The van der Waals surface area contributed by atoms with Crippen molar-refractivity contribution in [1.29, 1.82) is 0 Å². The average molecular weight is 250 g/mol. The number of pyridine rings is 1. The fourth-order valence-corrected chi connectivity index (χ4v) is 2.17. The third-order valence-electron chi connectivity index (χ3n) is 2.62. The Balaban J connectivity index is 2.67. The SMILES string of the molecule is Cc1cc(C)c2nc(Cl)c(CC(=O)O)cc2c1. The van der Waals surface area contributed by atoms with Crippen molar-refractivity contribution < 1.29 is 9.90 Å². The lowest BCUT2D eigenvalue weighted by molar-refractivity contribution is -0.136. The maximum Gasteiger partial charge on any atom is 0.307 e. The molecule has 4 heteroatoms. The summed E-state index contributed by atoms with van der Waals surface area (Å²) in [5.41, 5.74) is 3.55. The first-order valence-electron chi connectivity index (χ1n) is 5.25. The average Bonchev–Trinajstić information content (AvgIpc) is 2.20. The summed E-state index contributed by atoms with van der Waals surface area (Å²) in [6, 6.07) is 5.82. The van der Waals surface area contributed by atoms with Gasteiger partial charge < -0.3 is 5.11 Å². The molecule has 0 fully saturated rings. The van der Waals surface area contributed by atoms with E-state index >= 15 is 0 Å². The molecule has 3 nitrogen and oxygen atoms in total. The lowest BCUT2D eigenvalue weighted by atomic mass is 10.0. The topological polar surface area (TPSA) is 50.2 Å². The van der Waals surface area contributed by atoms with Crippen molar-refractivity contribution in [3.05, 3.63) is 40.0 Å². The molecule has 0 aliphatic heterocycles. The van der Waals surface area contributed by atoms with Gasteiger partial charge in [0.15, 0.2) is 0 Å². The highest BCUT2D eigenvalue weighted by Crippen LogP contribution is 2.24. The Morgan fingerprint density at radius 2 is 2.06 bits per heavy atom. The first-order chi connectivity index (χ1) is 7.97. The van der Waals surface area contributed by atoms with Crippen molar-refractivity contribution in [2.75, 3.05) is 0 Å². The van der Waals surface area contributed by atoms with Gasteiger partial charge in [-0.15, -0.1) is 0 Å². The number of carboxylic acid groups (broad SMARTS) is 1. The Morgan fingerprint density at radius 3 is 2.71 bits per heavy atom. The molecule has 0 saturated carbocycles. The monoisotopic (exact) mass is 249 g/mol. The van der Waals surface area contributed by atoms with Gasteiger partial charge in [0.25, 0.3) is 0 Å². The smallest absolute Gasteiger partial charge is 0.307 e. The zero-order valence-corrected chi connectivity index (χ0v) is 10.4. The quantitative estimate of drug-likeness (QED) is 0.832. The van der Waals surface area contributed by atoms with Gasteiger partial charge in [-0.1, -0.05) is 23.2 Å². The molecule has 0 atom stereocenters. The van der Waals surface area contributed by atoms with Crippen LogP contribution in [0.2, 0.25) is 5.15 Å². The molecular weight excluding hydrogens is 238 g/mol. The van der Waals surface area contributed by atoms with Crippen LogP contribution in [-0.4, -0.2) is 16.1 Å². The molecule has 1 N–H and O–H groups in total. The van der Waals surface area contributed by atoms with Crippen LogP contribution in [0.4, 0.5) is 0 Å². The number of halogens is 1. The predicted octanol–water partition coefficient (Wildman–Crippen LogP) is 3.13. The number of carboxylic acids is 1. The van der Waals surface area contributed by atoms with Crippen molar-refractivity contribution >= 4 is 28.5 Å². The molecule has 1 heterocycles. The second kappa shape index (κ2) is 4.34. The number of carbonyl (C=O) groups is 1. The number of benzene rings is 1. The molecule has 2 rings (SSSR count). The van der Waals surface area contributed by atoms with Gasteiger partial charge in [0.1, 0.15) is 5.15 Å². The standard InChI is InChI=1S/C13H12ClNO2/c1-7-3-8(2)12-9(4-7)5-10(6-11(16)17)13(14)15-12/h3-5H,6H2,1-2H3,(H,16,17). The van der Waals surface area contributed by atoms with Gasteiger partial charge in [-0.3, -0.25) is 4.79 Å². The summed E-state index contributed by atoms with van der Waals surface area (Å²) in [4.78, 5) is 15.0. The lowest BCUT2D eigenvalue weighted by Crippen LogP contribution is -2.02. The number of aromatic nitrogens is 1. The summed E-state index contributed by atoms with van der Waals surface area (Å²) >= 11 is 5.98. The largest absolute Gasteiger partial charge is 0.481 e. The molecule has 0 saturated heterocycles. The molecule has 0 radical (unpaired) electrons. The zero-order chi connectivity index (χ0) is 12.6. The fourth-order valence-electron chi connectivity index (χ4n) is 1.96. The van der Waals surface area contributed by atoms with Crippen molar-refractivity contribution in [2.24, 2.45) is 0 Å². The minimum Gasteiger partial charge on any atom is -0.481 e. The van der Waals surface area contributed by atoms with Crippen LogP contribution in [-0.2, 0) is 11.2 Å². The van der Waals surface area contributed by atoms with Crippen molar-refractivity contribution in [3.8, 4) is 0 Å². The van der Waals surface area contributed by atoms with E-state index in [4.69, 9.17) is 16.7 Å². The second-order valence-corrected chi connectivity index (χ2v) is 4.52. The molecule has 2 aromatic rings. The van der Waals surface area contributed by atoms with E-state index in [1.165, 1.54) is 0 Å². The van der Waals surface area contributed by atoms with Gasteiger partial charge in [-0.05, 0) is 31.5 Å². The molecule has 0 bridgehead atoms. The predicted molar refractivity (Wildman–Crippen MR) is 67.6 cm³/mol. The number of hydrogen-bond acceptors (Lipinski definition) is 2. The highest BCUT2D eigenvalue weighted by molar-refractivity contribution is 6.30. The molecule has 0 amide bonds.